The van der Waals surface area contributed by atoms with E-state index in [0.717, 1.165) is 52.3 Å². The maximum atomic E-state index is 13.6. The number of aromatic nitrogens is 3. The molecule has 9 heteroatoms. The van der Waals surface area contributed by atoms with Crippen molar-refractivity contribution >= 4 is 50.2 Å². The van der Waals surface area contributed by atoms with Gasteiger partial charge in [0, 0.05) is 18.4 Å². The molecule has 35 heavy (non-hydrogen) atoms. The number of fused-ring (bicyclic) bond motifs is 4. The number of halogens is 1. The third-order valence-electron chi connectivity index (χ3n) is 7.76. The first-order valence-electron chi connectivity index (χ1n) is 12.0. The lowest BCUT2D eigenvalue weighted by atomic mass is 9.97. The van der Waals surface area contributed by atoms with Crippen molar-refractivity contribution in [2.24, 2.45) is 5.41 Å². The van der Waals surface area contributed by atoms with Crippen molar-refractivity contribution in [2.75, 3.05) is 5.32 Å². The monoisotopic (exact) mass is 535 g/mol. The van der Waals surface area contributed by atoms with Crippen molar-refractivity contribution in [1.82, 2.24) is 19.7 Å². The van der Waals surface area contributed by atoms with Gasteiger partial charge in [0.2, 0.25) is 11.8 Å². The number of piperidine rings is 1. The van der Waals surface area contributed by atoms with E-state index < -0.39 is 6.04 Å². The Bertz CT molecular complexity index is 1420. The molecule has 180 valence electrons. The van der Waals surface area contributed by atoms with E-state index in [4.69, 9.17) is 0 Å². The highest BCUT2D eigenvalue weighted by Gasteiger charge is 2.64. The number of nitrogens with zero attached hydrogens (tertiary/aromatic N) is 4. The number of amides is 2. The number of rotatable bonds is 5. The van der Waals surface area contributed by atoms with E-state index in [0.29, 0.717) is 17.9 Å². The standard InChI is InChI=1S/C26H26BrN5O3/c1-14(33)22-17-8-3-4-9-18(17)31(30-22)13-21(34)32-19(11-26(2)12-20(26)32)25(35)29-24-16-7-5-6-15(10-16)23(27)28-24/h3-4,8-10,19-20H,5-7,11-13H2,1-2H3,(H,28,29,35)/t19-,20+,26-/m0/s1. The number of nitrogens with one attached hydrogen (secondary N) is 1. The zero-order valence-electron chi connectivity index (χ0n) is 19.7. The van der Waals surface area contributed by atoms with E-state index in [1.54, 1.807) is 9.58 Å². The molecule has 2 bridgehead atoms. The fourth-order valence-corrected chi connectivity index (χ4v) is 6.29. The Morgan fingerprint density at radius 2 is 1.94 bits per heavy atom. The van der Waals surface area contributed by atoms with Crippen molar-refractivity contribution in [3.8, 4) is 0 Å². The summed E-state index contributed by atoms with van der Waals surface area (Å²) >= 11 is 3.52. The third-order valence-corrected chi connectivity index (χ3v) is 8.45. The highest BCUT2D eigenvalue weighted by molar-refractivity contribution is 9.10. The maximum Gasteiger partial charge on any atom is 0.248 e. The van der Waals surface area contributed by atoms with E-state index in [1.165, 1.54) is 6.92 Å². The Morgan fingerprint density at radius 3 is 2.74 bits per heavy atom. The van der Waals surface area contributed by atoms with E-state index in [2.05, 4.69) is 44.3 Å². The summed E-state index contributed by atoms with van der Waals surface area (Å²) in [6.45, 7) is 3.59. The van der Waals surface area contributed by atoms with Gasteiger partial charge in [-0.05, 0) is 76.7 Å². The number of hydrogen-bond acceptors (Lipinski definition) is 5. The summed E-state index contributed by atoms with van der Waals surface area (Å²) in [5, 5.41) is 8.20. The summed E-state index contributed by atoms with van der Waals surface area (Å²) in [5.74, 6) is 0.0721. The van der Waals surface area contributed by atoms with Crippen LogP contribution in [0.1, 0.15) is 54.7 Å². The fourth-order valence-electron chi connectivity index (χ4n) is 5.80. The first-order chi connectivity index (χ1) is 16.7. The lowest BCUT2D eigenvalue weighted by molar-refractivity contribution is -0.138. The molecule has 1 aliphatic heterocycles. The molecule has 1 saturated carbocycles. The Hall–Kier alpha value is -3.07. The van der Waals surface area contributed by atoms with Gasteiger partial charge >= 0.3 is 0 Å². The van der Waals surface area contributed by atoms with Crippen LogP contribution in [-0.4, -0.2) is 49.3 Å². The highest BCUT2D eigenvalue weighted by Crippen LogP contribution is 2.59. The van der Waals surface area contributed by atoms with Crippen LogP contribution in [0.5, 0.6) is 0 Å². The molecule has 3 aliphatic rings. The van der Waals surface area contributed by atoms with Crippen LogP contribution >= 0.6 is 15.9 Å². The second kappa shape index (κ2) is 7.98. The van der Waals surface area contributed by atoms with Crippen LogP contribution in [0.2, 0.25) is 0 Å². The highest BCUT2D eigenvalue weighted by atomic mass is 79.9. The van der Waals surface area contributed by atoms with Crippen LogP contribution < -0.4 is 5.32 Å². The summed E-state index contributed by atoms with van der Waals surface area (Å²) in [4.78, 5) is 45.5. The number of hydrogen-bond donors (Lipinski definition) is 1. The number of carbonyl (C=O) groups excluding carboxylic acids is 3. The molecular weight excluding hydrogens is 510 g/mol. The quantitative estimate of drug-likeness (QED) is 0.394. The van der Waals surface area contributed by atoms with Gasteiger partial charge in [0.05, 0.1) is 5.52 Å². The molecule has 6 rings (SSSR count). The smallest absolute Gasteiger partial charge is 0.248 e. The first kappa shape index (κ1) is 22.4. The molecule has 3 atom stereocenters. The van der Waals surface area contributed by atoms with Crippen LogP contribution in [0.25, 0.3) is 10.9 Å². The van der Waals surface area contributed by atoms with Crippen LogP contribution in [-0.2, 0) is 29.0 Å². The number of Topliss-reactive ketones (excluding diaryl/α,β-unsaturated/α-hetero) is 1. The second-order valence-electron chi connectivity index (χ2n) is 10.3. The van der Waals surface area contributed by atoms with Crippen molar-refractivity contribution in [3.63, 3.8) is 0 Å². The van der Waals surface area contributed by atoms with Crippen molar-refractivity contribution in [1.29, 1.82) is 0 Å². The number of benzene rings is 1. The Kier molecular flexibility index (Phi) is 5.11. The molecule has 1 aromatic carbocycles. The average molecular weight is 536 g/mol. The van der Waals surface area contributed by atoms with Gasteiger partial charge in [0.1, 0.15) is 28.7 Å². The molecule has 3 heterocycles. The van der Waals surface area contributed by atoms with E-state index in [9.17, 15) is 14.4 Å². The zero-order chi connectivity index (χ0) is 24.5. The van der Waals surface area contributed by atoms with Gasteiger partial charge in [-0.1, -0.05) is 25.1 Å². The molecule has 0 unspecified atom stereocenters. The van der Waals surface area contributed by atoms with Crippen molar-refractivity contribution in [3.05, 3.63) is 51.8 Å². The normalized spacial score (nSPS) is 24.4. The van der Waals surface area contributed by atoms with Gasteiger partial charge in [0.15, 0.2) is 5.78 Å². The van der Waals surface area contributed by atoms with Crippen LogP contribution in [0.15, 0.2) is 34.9 Å². The Morgan fingerprint density at radius 1 is 1.17 bits per heavy atom. The largest absolute Gasteiger partial charge is 0.325 e. The SMILES string of the molecule is CC(=O)c1nn(CC(=O)N2[C@H](C(=O)Nc3nc(Br)c4cc3CCC4)C[C@@]3(C)C[C@@H]23)c2ccccc12. The van der Waals surface area contributed by atoms with Crippen LogP contribution in [0, 0.1) is 5.41 Å². The Balaban J connectivity index is 1.27. The summed E-state index contributed by atoms with van der Waals surface area (Å²) in [5.41, 5.74) is 3.25. The Labute approximate surface area is 211 Å². The van der Waals surface area contributed by atoms with Crippen LogP contribution in [0.3, 0.4) is 0 Å². The topological polar surface area (TPSA) is 97.2 Å². The molecular formula is C26H26BrN5O3. The van der Waals surface area contributed by atoms with Gasteiger partial charge < -0.3 is 10.2 Å². The van der Waals surface area contributed by atoms with E-state index in [-0.39, 0.29) is 35.6 Å². The molecule has 1 saturated heterocycles. The number of pyridine rings is 1. The lowest BCUT2D eigenvalue weighted by Gasteiger charge is -2.27. The molecule has 0 spiro atoms. The summed E-state index contributed by atoms with van der Waals surface area (Å²) in [7, 11) is 0. The number of anilines is 1. The van der Waals surface area contributed by atoms with Gasteiger partial charge in [-0.2, -0.15) is 5.10 Å². The van der Waals surface area contributed by atoms with E-state index in [1.807, 2.05) is 24.3 Å². The fraction of sp³-hybridized carbons (Fsp3) is 0.423. The average Bonchev–Trinajstić information content (AvgIpc) is 3.19. The van der Waals surface area contributed by atoms with Gasteiger partial charge in [-0.3, -0.25) is 19.1 Å². The molecule has 0 radical (unpaired) electrons. The summed E-state index contributed by atoms with van der Waals surface area (Å²) in [6, 6.07) is 9.00. The predicted octanol–water partition coefficient (Wildman–Crippen LogP) is 3.90. The van der Waals surface area contributed by atoms with Gasteiger partial charge in [0.25, 0.3) is 0 Å². The number of aryl methyl sites for hydroxylation is 2. The predicted molar refractivity (Wildman–Crippen MR) is 134 cm³/mol. The molecule has 1 N–H and O–H groups in total. The van der Waals surface area contributed by atoms with Gasteiger partial charge in [-0.15, -0.1) is 0 Å². The molecule has 3 aromatic rings. The molecule has 2 aliphatic carbocycles. The maximum absolute atomic E-state index is 13.6. The first-order valence-corrected chi connectivity index (χ1v) is 12.8. The van der Waals surface area contributed by atoms with Gasteiger partial charge in [-0.25, -0.2) is 4.98 Å². The minimum absolute atomic E-state index is 0.0199. The number of ketones is 1. The molecule has 2 amide bonds. The van der Waals surface area contributed by atoms with Crippen molar-refractivity contribution < 1.29 is 14.4 Å². The molecule has 2 aromatic heterocycles. The van der Waals surface area contributed by atoms with E-state index >= 15 is 0 Å². The second-order valence-corrected chi connectivity index (χ2v) is 11.0. The van der Waals surface area contributed by atoms with Crippen molar-refractivity contribution in [2.45, 2.75) is 64.6 Å². The molecule has 8 nitrogen and oxygen atoms in total. The molecule has 2 fully saturated rings. The number of likely N-dealkylation sites (tertiary alicyclic amines) is 1. The minimum atomic E-state index is -0.559. The zero-order valence-corrected chi connectivity index (χ0v) is 21.3. The number of para-hydroxylation sites is 1. The van der Waals surface area contributed by atoms with Crippen LogP contribution in [0.4, 0.5) is 5.82 Å². The lowest BCUT2D eigenvalue weighted by Crippen LogP contribution is -2.47. The minimum Gasteiger partial charge on any atom is -0.325 e. The summed E-state index contributed by atoms with van der Waals surface area (Å²) in [6.07, 6.45) is 4.40. The third kappa shape index (κ3) is 3.67. The summed E-state index contributed by atoms with van der Waals surface area (Å²) < 4.78 is 2.35. The number of carbonyl (C=O) groups is 3.